The maximum absolute atomic E-state index is 12.4. The van der Waals surface area contributed by atoms with Crippen molar-refractivity contribution in [2.75, 3.05) is 13.2 Å². The highest BCUT2D eigenvalue weighted by Crippen LogP contribution is 2.60. The van der Waals surface area contributed by atoms with E-state index < -0.39 is 27.5 Å². The van der Waals surface area contributed by atoms with E-state index in [-0.39, 0.29) is 23.5 Å². The number of rotatable bonds is 8. The Kier molecular flexibility index (Phi) is 9.34. The molecule has 4 aliphatic carbocycles. The molecule has 0 aromatic heterocycles. The van der Waals surface area contributed by atoms with Crippen molar-refractivity contribution >= 4 is 26.9 Å². The number of hydrogen-bond donors (Lipinski definition) is 1. The molecule has 0 spiro atoms. The minimum atomic E-state index is -5.38. The predicted molar refractivity (Wildman–Crippen MR) is 156 cm³/mol. The summed E-state index contributed by atoms with van der Waals surface area (Å²) in [4.78, 5) is 16.5. The molecule has 4 aliphatic rings. The van der Waals surface area contributed by atoms with Crippen molar-refractivity contribution in [1.82, 2.24) is 4.72 Å². The Morgan fingerprint density at radius 3 is 1.50 bits per heavy atom. The van der Waals surface area contributed by atoms with Crippen molar-refractivity contribution in [2.45, 2.75) is 58.7 Å². The van der Waals surface area contributed by atoms with Crippen LogP contribution in [-0.2, 0) is 30.4 Å². The van der Waals surface area contributed by atoms with Crippen molar-refractivity contribution in [3.8, 4) is 0 Å². The molecular weight excluding hydrogens is 583 g/mol. The normalized spacial score (nSPS) is 24.6. The largest absolute Gasteiger partial charge is 0.511 e. The van der Waals surface area contributed by atoms with Crippen LogP contribution >= 0.6 is 0 Å². The Bertz CT molecular complexity index is 1310. The van der Waals surface area contributed by atoms with Gasteiger partial charge >= 0.3 is 21.5 Å². The number of alkyl halides is 3. The van der Waals surface area contributed by atoms with Crippen LogP contribution in [0.1, 0.15) is 38.5 Å². The molecule has 0 unspecified atom stereocenters. The molecule has 10 heteroatoms. The summed E-state index contributed by atoms with van der Waals surface area (Å²) in [6, 6.07) is 32.2. The number of carbonyl (C=O) groups is 1. The number of hydrogen-bond acceptors (Lipinski definition) is 4. The topological polar surface area (TPSA) is 72.5 Å². The minimum absolute atomic E-state index is 0.0146. The summed E-state index contributed by atoms with van der Waals surface area (Å²) >= 11 is 0. The highest BCUT2D eigenvalue weighted by molar-refractivity contribution is 7.97. The smallest absolute Gasteiger partial charge is 0.464 e. The predicted octanol–water partition coefficient (Wildman–Crippen LogP) is 6.97. The summed E-state index contributed by atoms with van der Waals surface area (Å²) in [6.07, 6.45) is 5.89. The lowest BCUT2D eigenvalue weighted by Crippen LogP contribution is -2.50. The van der Waals surface area contributed by atoms with Gasteiger partial charge in [-0.2, -0.15) is 13.2 Å². The van der Waals surface area contributed by atoms with Crippen LogP contribution in [0.4, 0.5) is 13.2 Å². The molecule has 4 fully saturated rings. The van der Waals surface area contributed by atoms with E-state index in [1.54, 1.807) is 0 Å². The van der Waals surface area contributed by atoms with Gasteiger partial charge in [-0.3, -0.25) is 4.79 Å². The van der Waals surface area contributed by atoms with E-state index in [1.165, 1.54) is 19.4 Å². The third-order valence-electron chi connectivity index (χ3n) is 8.34. The molecular formula is C32H35F3NO4S2+. The van der Waals surface area contributed by atoms with E-state index in [2.05, 4.69) is 91.0 Å². The van der Waals surface area contributed by atoms with Crippen LogP contribution < -0.4 is 4.72 Å². The lowest BCUT2D eigenvalue weighted by Gasteiger charge is -2.55. The Morgan fingerprint density at radius 1 is 0.762 bits per heavy atom. The molecule has 1 N–H and O–H groups in total. The summed E-state index contributed by atoms with van der Waals surface area (Å²) in [5, 5.41) is 0. The van der Waals surface area contributed by atoms with E-state index in [9.17, 15) is 26.4 Å². The summed E-state index contributed by atoms with van der Waals surface area (Å²) < 4.78 is 64.7. The van der Waals surface area contributed by atoms with Crippen LogP contribution in [0.15, 0.2) is 106 Å². The zero-order valence-electron chi connectivity index (χ0n) is 23.1. The quantitative estimate of drug-likeness (QED) is 0.168. The molecule has 0 saturated heterocycles. The van der Waals surface area contributed by atoms with Gasteiger partial charge in [-0.1, -0.05) is 54.6 Å². The monoisotopic (exact) mass is 618 g/mol. The van der Waals surface area contributed by atoms with Crippen LogP contribution in [0.25, 0.3) is 0 Å². The van der Waals surface area contributed by atoms with Gasteiger partial charge in [0.05, 0.1) is 16.3 Å². The van der Waals surface area contributed by atoms with Gasteiger partial charge in [-0.15, -0.1) is 0 Å². The average Bonchev–Trinajstić information content (AvgIpc) is 2.96. The van der Waals surface area contributed by atoms with E-state index in [0.717, 1.165) is 38.5 Å². The average molecular weight is 619 g/mol. The molecule has 0 aliphatic heterocycles. The van der Waals surface area contributed by atoms with Gasteiger partial charge in [0.2, 0.25) is 0 Å². The van der Waals surface area contributed by atoms with Crippen molar-refractivity contribution in [3.63, 3.8) is 0 Å². The van der Waals surface area contributed by atoms with Crippen LogP contribution in [0.3, 0.4) is 0 Å². The summed E-state index contributed by atoms with van der Waals surface area (Å²) in [5.41, 5.74) is -5.84. The van der Waals surface area contributed by atoms with Crippen molar-refractivity contribution < 1.29 is 31.1 Å². The number of halogens is 3. The Labute approximate surface area is 248 Å². The molecule has 5 nitrogen and oxygen atoms in total. The van der Waals surface area contributed by atoms with Crippen molar-refractivity contribution in [1.29, 1.82) is 0 Å². The van der Waals surface area contributed by atoms with Crippen molar-refractivity contribution in [2.24, 2.45) is 23.2 Å². The second-order valence-electron chi connectivity index (χ2n) is 11.4. The molecule has 0 atom stereocenters. The third kappa shape index (κ3) is 7.03. The molecule has 4 saturated carbocycles. The van der Waals surface area contributed by atoms with E-state index >= 15 is 0 Å². The fourth-order valence-electron chi connectivity index (χ4n) is 6.99. The van der Waals surface area contributed by atoms with Gasteiger partial charge in [0, 0.05) is 6.54 Å². The number of nitrogens with one attached hydrogen (secondary N) is 1. The first-order valence-electron chi connectivity index (χ1n) is 14.2. The maximum Gasteiger partial charge on any atom is 0.511 e. The van der Waals surface area contributed by atoms with Gasteiger partial charge < -0.3 is 4.74 Å². The molecule has 3 aromatic rings. The van der Waals surface area contributed by atoms with Gasteiger partial charge in [-0.05, 0) is 92.7 Å². The third-order valence-corrected chi connectivity index (χ3v) is 11.8. The minimum Gasteiger partial charge on any atom is -0.464 e. The molecule has 0 amide bonds. The van der Waals surface area contributed by atoms with E-state index in [1.807, 2.05) is 0 Å². The zero-order chi connectivity index (χ0) is 29.8. The molecule has 3 aromatic carbocycles. The number of benzene rings is 3. The molecule has 7 rings (SSSR count). The fourth-order valence-corrected chi connectivity index (χ4v) is 9.61. The summed E-state index contributed by atoms with van der Waals surface area (Å²) in [5.74, 6) is 1.29. The fraction of sp³-hybridized carbons (Fsp3) is 0.406. The van der Waals surface area contributed by atoms with Gasteiger partial charge in [0.1, 0.15) is 6.61 Å². The highest BCUT2D eigenvalue weighted by Gasteiger charge is 2.55. The first-order chi connectivity index (χ1) is 20.1. The number of sulfonamides is 1. The number of ether oxygens (including phenoxy) is 1. The lowest BCUT2D eigenvalue weighted by molar-refractivity contribution is -0.171. The second-order valence-corrected chi connectivity index (χ2v) is 15.2. The Balaban J connectivity index is 0.000000171. The molecule has 0 radical (unpaired) electrons. The zero-order valence-corrected chi connectivity index (χ0v) is 24.8. The highest BCUT2D eigenvalue weighted by atomic mass is 32.2. The summed E-state index contributed by atoms with van der Waals surface area (Å²) in [7, 11) is -5.40. The van der Waals surface area contributed by atoms with Crippen LogP contribution in [0, 0.1) is 23.2 Å². The number of carbonyl (C=O) groups excluding carboxylic acids is 1. The van der Waals surface area contributed by atoms with E-state index in [0.29, 0.717) is 17.8 Å². The van der Waals surface area contributed by atoms with Crippen molar-refractivity contribution in [3.05, 3.63) is 91.0 Å². The number of esters is 1. The van der Waals surface area contributed by atoms with Gasteiger partial charge in [0.15, 0.2) is 14.7 Å². The van der Waals surface area contributed by atoms with E-state index in [4.69, 9.17) is 4.74 Å². The standard InChI is InChI=1S/C18H15S.C14H20F3NO4S/c1-4-10-16(11-5-1)19(17-12-6-2-7-13-17)18-14-8-3-9-15-18;15-14(16,17)23(20,21)18-1-2-22-12(19)13-6-9-3-10(7-13)5-11(4-9)8-13/h1-15H;9-11,18H,1-8H2/q+1;. The van der Waals surface area contributed by atoms with Gasteiger partial charge in [0.25, 0.3) is 0 Å². The molecule has 224 valence electrons. The molecule has 0 heterocycles. The molecule has 4 bridgehead atoms. The Hall–Kier alpha value is -2.82. The second kappa shape index (κ2) is 12.8. The first kappa shape index (κ1) is 30.6. The SMILES string of the molecule is O=C(OCCNS(=O)(=O)C(F)(F)F)C12CC3CC(CC(C3)C1)C2.c1ccc([S+](c2ccccc2)c2ccccc2)cc1. The van der Waals surface area contributed by atoms with Crippen LogP contribution in [0.5, 0.6) is 0 Å². The van der Waals surface area contributed by atoms with Crippen LogP contribution in [0.2, 0.25) is 0 Å². The molecule has 42 heavy (non-hydrogen) atoms. The first-order valence-corrected chi connectivity index (χ1v) is 16.9. The Morgan fingerprint density at radius 2 is 1.14 bits per heavy atom. The van der Waals surface area contributed by atoms with Crippen LogP contribution in [-0.4, -0.2) is 33.0 Å². The summed E-state index contributed by atoms with van der Waals surface area (Å²) in [6.45, 7) is -0.949. The van der Waals surface area contributed by atoms with Gasteiger partial charge in [-0.25, -0.2) is 13.1 Å². The lowest BCUT2D eigenvalue weighted by atomic mass is 9.49. The maximum atomic E-state index is 12.4.